The molecule has 0 aromatic carbocycles. The topological polar surface area (TPSA) is 41.6 Å². The van der Waals surface area contributed by atoms with Crippen molar-refractivity contribution in [3.8, 4) is 0 Å². The lowest BCUT2D eigenvalue weighted by Gasteiger charge is -2.41. The van der Waals surface area contributed by atoms with Crippen LogP contribution < -0.4 is 5.32 Å². The maximum Gasteiger partial charge on any atom is 0.223 e. The highest BCUT2D eigenvalue weighted by Crippen LogP contribution is 2.16. The molecule has 1 heterocycles. The number of nitrogens with one attached hydrogen (secondary N) is 1. The van der Waals surface area contributed by atoms with E-state index >= 15 is 0 Å². The van der Waals surface area contributed by atoms with Gasteiger partial charge in [0.15, 0.2) is 0 Å². The van der Waals surface area contributed by atoms with Crippen molar-refractivity contribution >= 4 is 5.91 Å². The zero-order chi connectivity index (χ0) is 13.6. The first-order chi connectivity index (χ1) is 8.51. The zero-order valence-electron chi connectivity index (χ0n) is 12.3. The lowest BCUT2D eigenvalue weighted by molar-refractivity contribution is -0.126. The minimum Gasteiger partial charge on any atom is -0.379 e. The quantitative estimate of drug-likeness (QED) is 0.785. The molecule has 0 radical (unpaired) electrons. The fourth-order valence-corrected chi connectivity index (χ4v) is 2.39. The van der Waals surface area contributed by atoms with Gasteiger partial charge in [-0.1, -0.05) is 13.8 Å². The molecule has 0 aromatic heterocycles. The molecule has 4 heteroatoms. The summed E-state index contributed by atoms with van der Waals surface area (Å²) in [5.74, 6) is 0.354. The van der Waals surface area contributed by atoms with Crippen LogP contribution in [0.3, 0.4) is 0 Å². The highest BCUT2D eigenvalue weighted by Gasteiger charge is 2.29. The maximum atomic E-state index is 12.0. The van der Waals surface area contributed by atoms with Gasteiger partial charge in [0.25, 0.3) is 0 Å². The average Bonchev–Trinajstić information content (AvgIpc) is 2.39. The molecule has 1 rings (SSSR count). The van der Waals surface area contributed by atoms with Gasteiger partial charge in [0.2, 0.25) is 5.91 Å². The average molecular weight is 256 g/mol. The van der Waals surface area contributed by atoms with E-state index < -0.39 is 0 Å². The number of amides is 1. The fourth-order valence-electron chi connectivity index (χ4n) is 2.39. The second kappa shape index (κ2) is 7.10. The summed E-state index contributed by atoms with van der Waals surface area (Å²) in [6.07, 6.45) is 1.83. The molecule has 0 bridgehead atoms. The normalized spacial score (nSPS) is 18.1. The van der Waals surface area contributed by atoms with E-state index in [9.17, 15) is 4.79 Å². The number of nitrogens with zero attached hydrogens (tertiary/aromatic N) is 1. The zero-order valence-corrected chi connectivity index (χ0v) is 12.3. The summed E-state index contributed by atoms with van der Waals surface area (Å²) in [6, 6.07) is 0. The molecule has 1 N–H and O–H groups in total. The van der Waals surface area contributed by atoms with Crippen LogP contribution >= 0.6 is 0 Å². The largest absolute Gasteiger partial charge is 0.379 e. The van der Waals surface area contributed by atoms with Crippen molar-refractivity contribution in [2.75, 3.05) is 32.8 Å². The van der Waals surface area contributed by atoms with E-state index in [0.29, 0.717) is 6.54 Å². The third-order valence-corrected chi connectivity index (χ3v) is 3.92. The number of carbonyl (C=O) groups is 1. The van der Waals surface area contributed by atoms with E-state index in [-0.39, 0.29) is 17.4 Å². The molecule has 0 saturated carbocycles. The lowest BCUT2D eigenvalue weighted by Crippen LogP contribution is -2.55. The first-order valence-electron chi connectivity index (χ1n) is 7.11. The Morgan fingerprint density at radius 3 is 2.33 bits per heavy atom. The molecule has 0 aromatic rings. The van der Waals surface area contributed by atoms with Crippen molar-refractivity contribution in [2.24, 2.45) is 5.92 Å². The predicted molar refractivity (Wildman–Crippen MR) is 73.6 cm³/mol. The molecular formula is C14H28N2O2. The highest BCUT2D eigenvalue weighted by atomic mass is 16.5. The Bertz CT molecular complexity index is 257. The third-order valence-electron chi connectivity index (χ3n) is 3.92. The number of hydrogen-bond acceptors (Lipinski definition) is 3. The Morgan fingerprint density at radius 1 is 1.28 bits per heavy atom. The van der Waals surface area contributed by atoms with Crippen molar-refractivity contribution in [2.45, 2.75) is 46.1 Å². The van der Waals surface area contributed by atoms with Gasteiger partial charge >= 0.3 is 0 Å². The molecule has 106 valence electrons. The standard InChI is InChI=1S/C14H28N2O2/c1-5-12(6-2)13(17)15-11-14(3,4)16-7-9-18-10-8-16/h12H,5-11H2,1-4H3,(H,15,17). The Kier molecular flexibility index (Phi) is 6.09. The van der Waals surface area contributed by atoms with Crippen LogP contribution in [0.2, 0.25) is 0 Å². The van der Waals surface area contributed by atoms with E-state index in [2.05, 4.69) is 37.9 Å². The number of rotatable bonds is 6. The first kappa shape index (κ1) is 15.4. The smallest absolute Gasteiger partial charge is 0.223 e. The Labute approximate surface area is 111 Å². The van der Waals surface area contributed by atoms with E-state index in [4.69, 9.17) is 4.74 Å². The summed E-state index contributed by atoms with van der Waals surface area (Å²) >= 11 is 0. The molecule has 1 amide bonds. The van der Waals surface area contributed by atoms with Crippen molar-refractivity contribution in [1.82, 2.24) is 10.2 Å². The van der Waals surface area contributed by atoms with Gasteiger partial charge in [0.05, 0.1) is 13.2 Å². The number of carbonyl (C=O) groups excluding carboxylic acids is 1. The molecule has 0 unspecified atom stereocenters. The van der Waals surface area contributed by atoms with Crippen LogP contribution in [0.1, 0.15) is 40.5 Å². The van der Waals surface area contributed by atoms with E-state index in [1.807, 2.05) is 0 Å². The summed E-state index contributed by atoms with van der Waals surface area (Å²) in [5, 5.41) is 3.10. The number of morpholine rings is 1. The van der Waals surface area contributed by atoms with Crippen molar-refractivity contribution < 1.29 is 9.53 Å². The molecule has 0 spiro atoms. The highest BCUT2D eigenvalue weighted by molar-refractivity contribution is 5.78. The predicted octanol–water partition coefficient (Wildman–Crippen LogP) is 1.65. The molecule has 18 heavy (non-hydrogen) atoms. The Balaban J connectivity index is 2.42. The summed E-state index contributed by atoms with van der Waals surface area (Å²) in [4.78, 5) is 14.4. The van der Waals surface area contributed by atoms with Gasteiger partial charge in [0.1, 0.15) is 0 Å². The Morgan fingerprint density at radius 2 is 1.83 bits per heavy atom. The summed E-state index contributed by atoms with van der Waals surface area (Å²) < 4.78 is 5.36. The van der Waals surface area contributed by atoms with Crippen molar-refractivity contribution in [3.05, 3.63) is 0 Å². The first-order valence-corrected chi connectivity index (χ1v) is 7.11. The molecule has 1 saturated heterocycles. The van der Waals surface area contributed by atoms with Gasteiger partial charge in [-0.15, -0.1) is 0 Å². The number of hydrogen-bond donors (Lipinski definition) is 1. The summed E-state index contributed by atoms with van der Waals surface area (Å²) in [7, 11) is 0. The molecule has 1 aliphatic heterocycles. The van der Waals surface area contributed by atoms with Gasteiger partial charge in [-0.05, 0) is 26.7 Å². The molecule has 4 nitrogen and oxygen atoms in total. The van der Waals surface area contributed by atoms with Gasteiger partial charge in [-0.3, -0.25) is 9.69 Å². The monoisotopic (exact) mass is 256 g/mol. The van der Waals surface area contributed by atoms with Crippen LogP contribution in [-0.4, -0.2) is 49.2 Å². The number of ether oxygens (including phenoxy) is 1. The molecule has 1 aliphatic rings. The van der Waals surface area contributed by atoms with Crippen LogP contribution in [-0.2, 0) is 9.53 Å². The molecular weight excluding hydrogens is 228 g/mol. The molecule has 1 fully saturated rings. The van der Waals surface area contributed by atoms with Crippen LogP contribution in [0.25, 0.3) is 0 Å². The van der Waals surface area contributed by atoms with E-state index in [0.717, 1.165) is 39.1 Å². The van der Waals surface area contributed by atoms with Gasteiger partial charge in [-0.2, -0.15) is 0 Å². The van der Waals surface area contributed by atoms with Crippen LogP contribution in [0.4, 0.5) is 0 Å². The molecule has 0 atom stereocenters. The third kappa shape index (κ3) is 4.25. The SMILES string of the molecule is CCC(CC)C(=O)NCC(C)(C)N1CCOCC1. The van der Waals surface area contributed by atoms with Gasteiger partial charge in [0, 0.05) is 31.1 Å². The van der Waals surface area contributed by atoms with Crippen LogP contribution in [0.15, 0.2) is 0 Å². The van der Waals surface area contributed by atoms with Gasteiger partial charge < -0.3 is 10.1 Å². The molecule has 0 aliphatic carbocycles. The summed E-state index contributed by atoms with van der Waals surface area (Å²) in [5.41, 5.74) is 0.00543. The fraction of sp³-hybridized carbons (Fsp3) is 0.929. The lowest BCUT2D eigenvalue weighted by atomic mass is 9.99. The summed E-state index contributed by atoms with van der Waals surface area (Å²) in [6.45, 7) is 12.7. The van der Waals surface area contributed by atoms with Crippen molar-refractivity contribution in [3.63, 3.8) is 0 Å². The second-order valence-electron chi connectivity index (χ2n) is 5.64. The van der Waals surface area contributed by atoms with E-state index in [1.54, 1.807) is 0 Å². The van der Waals surface area contributed by atoms with Crippen LogP contribution in [0.5, 0.6) is 0 Å². The van der Waals surface area contributed by atoms with Crippen LogP contribution in [0, 0.1) is 5.92 Å². The second-order valence-corrected chi connectivity index (χ2v) is 5.64. The maximum absolute atomic E-state index is 12.0. The minimum atomic E-state index is 0.00543. The van der Waals surface area contributed by atoms with E-state index in [1.165, 1.54) is 0 Å². The van der Waals surface area contributed by atoms with Crippen molar-refractivity contribution in [1.29, 1.82) is 0 Å². The van der Waals surface area contributed by atoms with Gasteiger partial charge in [-0.25, -0.2) is 0 Å². The Hall–Kier alpha value is -0.610. The minimum absolute atomic E-state index is 0.00543.